The first-order chi connectivity index (χ1) is 7.78. The van der Waals surface area contributed by atoms with E-state index in [-0.39, 0.29) is 18.4 Å². The molecule has 0 radical (unpaired) electrons. The maximum Gasteiger partial charge on any atom is 0.390 e. The fourth-order valence-corrected chi connectivity index (χ4v) is 2.15. The number of rotatable bonds is 4. The van der Waals surface area contributed by atoms with E-state index < -0.39 is 18.0 Å². The molecule has 2 N–H and O–H groups in total. The third-order valence-corrected chi connectivity index (χ3v) is 3.44. The van der Waals surface area contributed by atoms with Gasteiger partial charge in [0, 0.05) is 13.1 Å². The lowest BCUT2D eigenvalue weighted by atomic mass is 9.75. The predicted molar refractivity (Wildman–Crippen MR) is 58.4 cm³/mol. The standard InChI is InChI=1S/C11H19F3N2O/c1-8(2)10(3-5-15-7-10)9(17)16-6-4-11(12,13)14/h8,15H,3-7H2,1-2H3,(H,16,17). The van der Waals surface area contributed by atoms with Crippen molar-refractivity contribution in [2.24, 2.45) is 11.3 Å². The Hall–Kier alpha value is -0.780. The normalized spacial score (nSPS) is 25.3. The molecule has 0 saturated carbocycles. The van der Waals surface area contributed by atoms with E-state index >= 15 is 0 Å². The topological polar surface area (TPSA) is 41.1 Å². The van der Waals surface area contributed by atoms with Crippen LogP contribution in [0.15, 0.2) is 0 Å². The molecule has 3 nitrogen and oxygen atoms in total. The second kappa shape index (κ2) is 5.25. The van der Waals surface area contributed by atoms with Gasteiger partial charge in [-0.05, 0) is 18.9 Å². The number of hydrogen-bond donors (Lipinski definition) is 2. The van der Waals surface area contributed by atoms with Gasteiger partial charge < -0.3 is 10.6 Å². The maximum atomic E-state index is 12.0. The Bertz CT molecular complexity index is 270. The van der Waals surface area contributed by atoms with Gasteiger partial charge in [-0.1, -0.05) is 13.8 Å². The summed E-state index contributed by atoms with van der Waals surface area (Å²) in [5.74, 6) is -0.148. The van der Waals surface area contributed by atoms with E-state index in [1.54, 1.807) is 0 Å². The first kappa shape index (κ1) is 14.3. The van der Waals surface area contributed by atoms with E-state index in [1.165, 1.54) is 0 Å². The molecule has 0 aromatic carbocycles. The smallest absolute Gasteiger partial charge is 0.355 e. The van der Waals surface area contributed by atoms with Gasteiger partial charge in [-0.15, -0.1) is 0 Å². The molecule has 100 valence electrons. The van der Waals surface area contributed by atoms with Crippen LogP contribution in [0, 0.1) is 11.3 Å². The molecule has 1 atom stereocenters. The number of carbonyl (C=O) groups is 1. The quantitative estimate of drug-likeness (QED) is 0.799. The van der Waals surface area contributed by atoms with E-state index in [1.807, 2.05) is 13.8 Å². The zero-order valence-corrected chi connectivity index (χ0v) is 10.2. The van der Waals surface area contributed by atoms with Crippen molar-refractivity contribution in [3.8, 4) is 0 Å². The van der Waals surface area contributed by atoms with Gasteiger partial charge in [-0.3, -0.25) is 4.79 Å². The summed E-state index contributed by atoms with van der Waals surface area (Å²) in [5, 5.41) is 5.50. The number of halogens is 3. The average Bonchev–Trinajstić information content (AvgIpc) is 2.64. The third kappa shape index (κ3) is 3.59. The van der Waals surface area contributed by atoms with Gasteiger partial charge in [0.25, 0.3) is 0 Å². The highest BCUT2D eigenvalue weighted by molar-refractivity contribution is 5.83. The molecule has 1 saturated heterocycles. The van der Waals surface area contributed by atoms with Crippen LogP contribution in [0.25, 0.3) is 0 Å². The SMILES string of the molecule is CC(C)C1(C(=O)NCCC(F)(F)F)CCNC1. The molecular formula is C11H19F3N2O. The molecule has 17 heavy (non-hydrogen) atoms. The van der Waals surface area contributed by atoms with Gasteiger partial charge >= 0.3 is 6.18 Å². The monoisotopic (exact) mass is 252 g/mol. The summed E-state index contributed by atoms with van der Waals surface area (Å²) in [7, 11) is 0. The highest BCUT2D eigenvalue weighted by Gasteiger charge is 2.43. The zero-order valence-electron chi connectivity index (χ0n) is 10.2. The number of alkyl halides is 3. The summed E-state index contributed by atoms with van der Waals surface area (Å²) < 4.78 is 35.9. The van der Waals surface area contributed by atoms with Crippen LogP contribution >= 0.6 is 0 Å². The molecule has 1 unspecified atom stereocenters. The minimum absolute atomic E-state index is 0.114. The molecule has 0 aromatic rings. The Morgan fingerprint density at radius 2 is 2.12 bits per heavy atom. The van der Waals surface area contributed by atoms with E-state index in [0.717, 1.165) is 6.54 Å². The van der Waals surface area contributed by atoms with Crippen LogP contribution in [0.4, 0.5) is 13.2 Å². The second-order valence-electron chi connectivity index (χ2n) is 4.86. The highest BCUT2D eigenvalue weighted by atomic mass is 19.4. The molecule has 1 aliphatic rings. The van der Waals surface area contributed by atoms with Crippen molar-refractivity contribution in [3.63, 3.8) is 0 Å². The van der Waals surface area contributed by atoms with Crippen molar-refractivity contribution in [2.75, 3.05) is 19.6 Å². The van der Waals surface area contributed by atoms with Crippen molar-refractivity contribution >= 4 is 5.91 Å². The largest absolute Gasteiger partial charge is 0.390 e. The van der Waals surface area contributed by atoms with Crippen LogP contribution in [0.2, 0.25) is 0 Å². The third-order valence-electron chi connectivity index (χ3n) is 3.44. The number of hydrogen-bond acceptors (Lipinski definition) is 2. The minimum Gasteiger partial charge on any atom is -0.355 e. The van der Waals surface area contributed by atoms with Crippen molar-refractivity contribution in [3.05, 3.63) is 0 Å². The Labute approximate surface area is 99.1 Å². The first-order valence-electron chi connectivity index (χ1n) is 5.84. The fraction of sp³-hybridized carbons (Fsp3) is 0.909. The van der Waals surface area contributed by atoms with Crippen LogP contribution in [0.1, 0.15) is 26.7 Å². The summed E-state index contributed by atoms with van der Waals surface area (Å²) in [6.45, 7) is 4.80. The minimum atomic E-state index is -4.22. The number of amides is 1. The molecule has 0 spiro atoms. The van der Waals surface area contributed by atoms with E-state index in [4.69, 9.17) is 0 Å². The predicted octanol–water partition coefficient (Wildman–Crippen LogP) is 1.69. The van der Waals surface area contributed by atoms with Crippen molar-refractivity contribution in [2.45, 2.75) is 32.9 Å². The molecule has 0 aliphatic carbocycles. The van der Waals surface area contributed by atoms with Crippen molar-refractivity contribution in [1.82, 2.24) is 10.6 Å². The molecule has 1 rings (SSSR count). The van der Waals surface area contributed by atoms with Gasteiger partial charge in [0.2, 0.25) is 5.91 Å². The Morgan fingerprint density at radius 1 is 1.47 bits per heavy atom. The molecular weight excluding hydrogens is 233 g/mol. The molecule has 1 fully saturated rings. The summed E-state index contributed by atoms with van der Waals surface area (Å²) in [5.41, 5.74) is -0.550. The van der Waals surface area contributed by atoms with Gasteiger partial charge in [-0.25, -0.2) is 0 Å². The van der Waals surface area contributed by atoms with Gasteiger partial charge in [0.1, 0.15) is 0 Å². The maximum absolute atomic E-state index is 12.0. The lowest BCUT2D eigenvalue weighted by Gasteiger charge is -2.31. The molecule has 0 aromatic heterocycles. The Kier molecular flexibility index (Phi) is 4.41. The van der Waals surface area contributed by atoms with Crippen molar-refractivity contribution in [1.29, 1.82) is 0 Å². The van der Waals surface area contributed by atoms with Crippen molar-refractivity contribution < 1.29 is 18.0 Å². The number of nitrogens with one attached hydrogen (secondary N) is 2. The Balaban J connectivity index is 2.50. The highest BCUT2D eigenvalue weighted by Crippen LogP contribution is 2.34. The van der Waals surface area contributed by atoms with E-state index in [2.05, 4.69) is 10.6 Å². The summed E-state index contributed by atoms with van der Waals surface area (Å²) >= 11 is 0. The van der Waals surface area contributed by atoms with E-state index in [0.29, 0.717) is 13.0 Å². The summed E-state index contributed by atoms with van der Waals surface area (Å²) in [4.78, 5) is 12.0. The molecule has 0 bridgehead atoms. The average molecular weight is 252 g/mol. The van der Waals surface area contributed by atoms with Crippen LogP contribution in [0.5, 0.6) is 0 Å². The van der Waals surface area contributed by atoms with Gasteiger partial charge in [0.05, 0.1) is 11.8 Å². The molecule has 1 aliphatic heterocycles. The lowest BCUT2D eigenvalue weighted by molar-refractivity contribution is -0.139. The van der Waals surface area contributed by atoms with Crippen LogP contribution in [-0.2, 0) is 4.79 Å². The summed E-state index contributed by atoms with van der Waals surface area (Å²) in [6, 6.07) is 0. The fourth-order valence-electron chi connectivity index (χ4n) is 2.15. The molecule has 6 heteroatoms. The first-order valence-corrected chi connectivity index (χ1v) is 5.84. The van der Waals surface area contributed by atoms with Crippen LogP contribution in [-0.4, -0.2) is 31.7 Å². The van der Waals surface area contributed by atoms with Gasteiger partial charge in [0.15, 0.2) is 0 Å². The van der Waals surface area contributed by atoms with Crippen LogP contribution < -0.4 is 10.6 Å². The second-order valence-corrected chi connectivity index (χ2v) is 4.86. The number of carbonyl (C=O) groups excluding carboxylic acids is 1. The molecule has 1 heterocycles. The lowest BCUT2D eigenvalue weighted by Crippen LogP contribution is -2.46. The Morgan fingerprint density at radius 3 is 2.53 bits per heavy atom. The molecule has 1 amide bonds. The van der Waals surface area contributed by atoms with Crippen LogP contribution in [0.3, 0.4) is 0 Å². The summed E-state index contributed by atoms with van der Waals surface area (Å²) in [6.07, 6.45) is -4.50. The van der Waals surface area contributed by atoms with Gasteiger partial charge in [-0.2, -0.15) is 13.2 Å². The van der Waals surface area contributed by atoms with E-state index in [9.17, 15) is 18.0 Å². The zero-order chi connectivity index (χ0) is 13.1.